The maximum absolute atomic E-state index is 12.9. The molecule has 2 nitrogen and oxygen atoms in total. The van der Waals surface area contributed by atoms with E-state index in [0.29, 0.717) is 12.0 Å². The van der Waals surface area contributed by atoms with Crippen molar-refractivity contribution in [2.24, 2.45) is 0 Å². The van der Waals surface area contributed by atoms with E-state index in [1.165, 1.54) is 6.07 Å². The smallest absolute Gasteiger partial charge is 0.416 e. The molecule has 2 rings (SSSR count). The lowest BCUT2D eigenvalue weighted by Crippen LogP contribution is -3.19. The van der Waals surface area contributed by atoms with Crippen molar-refractivity contribution in [1.29, 1.82) is 0 Å². The number of nitrogens with one attached hydrogen (secondary N) is 1. The molecule has 1 aliphatic rings. The van der Waals surface area contributed by atoms with Gasteiger partial charge in [0.1, 0.15) is 5.54 Å². The molecule has 1 aliphatic heterocycles. The molecule has 0 aliphatic carbocycles. The third kappa shape index (κ3) is 2.57. The van der Waals surface area contributed by atoms with E-state index in [4.69, 9.17) is 0 Å². The summed E-state index contributed by atoms with van der Waals surface area (Å²) in [6.45, 7) is 5.76. The molecule has 1 fully saturated rings. The summed E-state index contributed by atoms with van der Waals surface area (Å²) in [6.07, 6.45) is -1.51. The molecule has 0 radical (unpaired) electrons. The normalized spacial score (nSPS) is 28.8. The Bertz CT molecular complexity index is 510. The molecule has 0 amide bonds. The van der Waals surface area contributed by atoms with Gasteiger partial charge in [-0.05, 0) is 31.9 Å². The molecule has 1 heterocycles. The molecule has 0 bridgehead atoms. The highest BCUT2D eigenvalue weighted by Gasteiger charge is 2.52. The molecule has 0 aromatic heterocycles. The summed E-state index contributed by atoms with van der Waals surface area (Å²) in [5.41, 5.74) is -1.36. The van der Waals surface area contributed by atoms with E-state index in [1.54, 1.807) is 13.0 Å². The van der Waals surface area contributed by atoms with Gasteiger partial charge >= 0.3 is 6.18 Å². The van der Waals surface area contributed by atoms with Crippen molar-refractivity contribution in [2.45, 2.75) is 63.7 Å². The largest absolute Gasteiger partial charge is 0.633 e. The van der Waals surface area contributed by atoms with E-state index in [9.17, 15) is 18.4 Å². The maximum Gasteiger partial charge on any atom is 0.416 e. The Morgan fingerprint density at radius 2 is 1.81 bits per heavy atom. The highest BCUT2D eigenvalue weighted by atomic mass is 19.4. The lowest BCUT2D eigenvalue weighted by atomic mass is 9.88. The summed E-state index contributed by atoms with van der Waals surface area (Å²) >= 11 is 0. The number of alkyl halides is 3. The number of benzene rings is 1. The average molecular weight is 301 g/mol. The molecule has 1 saturated heterocycles. The van der Waals surface area contributed by atoms with Gasteiger partial charge in [0.15, 0.2) is 0 Å². The minimum absolute atomic E-state index is 0.0966. The molecule has 2 unspecified atom stereocenters. The van der Waals surface area contributed by atoms with Crippen LogP contribution >= 0.6 is 0 Å². The van der Waals surface area contributed by atoms with E-state index in [2.05, 4.69) is 0 Å². The first-order valence-corrected chi connectivity index (χ1v) is 7.42. The molecule has 118 valence electrons. The van der Waals surface area contributed by atoms with Gasteiger partial charge in [-0.1, -0.05) is 26.0 Å². The fraction of sp³-hybridized carbons (Fsp3) is 0.625. The number of hydrogen-bond acceptors (Lipinski definition) is 1. The molecule has 1 N–H and O–H groups in total. The number of halogens is 3. The van der Waals surface area contributed by atoms with Gasteiger partial charge in [0.05, 0.1) is 11.1 Å². The zero-order valence-electron chi connectivity index (χ0n) is 12.7. The van der Waals surface area contributed by atoms with Crippen molar-refractivity contribution in [3.8, 4) is 0 Å². The van der Waals surface area contributed by atoms with Crippen LogP contribution in [-0.4, -0.2) is 5.54 Å². The molecule has 21 heavy (non-hydrogen) atoms. The quantitative estimate of drug-likeness (QED) is 0.848. The molecule has 2 atom stereocenters. The molecule has 0 saturated carbocycles. The first-order chi connectivity index (χ1) is 9.69. The first kappa shape index (κ1) is 16.3. The molecular formula is C16H22F3NO. The summed E-state index contributed by atoms with van der Waals surface area (Å²) in [7, 11) is 0. The third-order valence-corrected chi connectivity index (χ3v) is 5.27. The Hall–Kier alpha value is -1.07. The molecule has 1 aromatic rings. The average Bonchev–Trinajstić information content (AvgIpc) is 2.73. The highest BCUT2D eigenvalue weighted by molar-refractivity contribution is 5.30. The van der Waals surface area contributed by atoms with E-state index in [-0.39, 0.29) is 10.6 Å². The lowest BCUT2D eigenvalue weighted by molar-refractivity contribution is -0.947. The predicted molar refractivity (Wildman–Crippen MR) is 75.7 cm³/mol. The van der Waals surface area contributed by atoms with Gasteiger partial charge in [0.25, 0.3) is 0 Å². The first-order valence-electron chi connectivity index (χ1n) is 7.42. The van der Waals surface area contributed by atoms with Crippen LogP contribution in [0.15, 0.2) is 24.3 Å². The van der Waals surface area contributed by atoms with Crippen molar-refractivity contribution in [3.63, 3.8) is 0 Å². The van der Waals surface area contributed by atoms with Gasteiger partial charge in [-0.2, -0.15) is 13.2 Å². The summed E-state index contributed by atoms with van der Waals surface area (Å²) in [4.78, 5) is 0. The van der Waals surface area contributed by atoms with Crippen LogP contribution in [0, 0.1) is 5.21 Å². The second-order valence-corrected chi connectivity index (χ2v) is 6.23. The number of hydrogen-bond donors (Lipinski definition) is 1. The second kappa shape index (κ2) is 5.29. The van der Waals surface area contributed by atoms with Crippen LogP contribution in [0.4, 0.5) is 13.2 Å². The highest BCUT2D eigenvalue weighted by Crippen LogP contribution is 2.38. The Morgan fingerprint density at radius 1 is 1.19 bits per heavy atom. The Morgan fingerprint density at radius 3 is 2.29 bits per heavy atom. The van der Waals surface area contributed by atoms with E-state index < -0.39 is 17.3 Å². The minimum Gasteiger partial charge on any atom is -0.633 e. The topological polar surface area (TPSA) is 27.5 Å². The fourth-order valence-corrected chi connectivity index (χ4v) is 3.54. The number of rotatable bonds is 3. The molecule has 0 spiro atoms. The SMILES string of the molecule is CCC1(CC)CCC(C)(c2cccc(C(F)(F)F)c2)[NH+]1[O-]. The van der Waals surface area contributed by atoms with Gasteiger partial charge in [-0.25, -0.2) is 0 Å². The molecular weight excluding hydrogens is 279 g/mol. The van der Waals surface area contributed by atoms with Gasteiger partial charge in [0, 0.05) is 18.4 Å². The number of quaternary nitrogens is 1. The van der Waals surface area contributed by atoms with Crippen LogP contribution in [0.2, 0.25) is 0 Å². The van der Waals surface area contributed by atoms with Crippen molar-refractivity contribution in [2.75, 3.05) is 0 Å². The summed E-state index contributed by atoms with van der Waals surface area (Å²) in [5, 5.41) is 13.0. The number of hydroxylamine groups is 2. The minimum atomic E-state index is -4.37. The van der Waals surface area contributed by atoms with Gasteiger partial charge in [-0.15, -0.1) is 0 Å². The van der Waals surface area contributed by atoms with E-state index in [1.807, 2.05) is 13.8 Å². The van der Waals surface area contributed by atoms with E-state index in [0.717, 1.165) is 31.4 Å². The van der Waals surface area contributed by atoms with Gasteiger partial charge in [-0.3, -0.25) is 0 Å². The van der Waals surface area contributed by atoms with Gasteiger partial charge in [0.2, 0.25) is 0 Å². The van der Waals surface area contributed by atoms with Crippen LogP contribution < -0.4 is 5.06 Å². The van der Waals surface area contributed by atoms with Crippen LogP contribution in [-0.2, 0) is 11.7 Å². The van der Waals surface area contributed by atoms with Crippen LogP contribution in [0.5, 0.6) is 0 Å². The Labute approximate surface area is 123 Å². The van der Waals surface area contributed by atoms with Gasteiger partial charge < -0.3 is 10.3 Å². The van der Waals surface area contributed by atoms with Crippen molar-refractivity contribution >= 4 is 0 Å². The summed E-state index contributed by atoms with van der Waals surface area (Å²) in [5.74, 6) is 0. The fourth-order valence-electron chi connectivity index (χ4n) is 3.54. The molecule has 1 aromatic carbocycles. The molecule has 5 heteroatoms. The van der Waals surface area contributed by atoms with Crippen molar-refractivity contribution in [1.82, 2.24) is 0 Å². The summed E-state index contributed by atoms with van der Waals surface area (Å²) < 4.78 is 38.6. The van der Waals surface area contributed by atoms with Crippen LogP contribution in [0.1, 0.15) is 57.6 Å². The monoisotopic (exact) mass is 301 g/mol. The summed E-state index contributed by atoms with van der Waals surface area (Å²) in [6, 6.07) is 5.24. The standard InChI is InChI=1S/C16H22F3NO/c1-4-15(5-2)10-9-14(3,20(15)21)12-7-6-8-13(11-12)16(17,18)19/h6-8,11,20H,4-5,9-10H2,1-3H3. The predicted octanol–water partition coefficient (Wildman–Crippen LogP) is 3.66. The Kier molecular flexibility index (Phi) is 4.10. The lowest BCUT2D eigenvalue weighted by Gasteiger charge is -2.45. The second-order valence-electron chi connectivity index (χ2n) is 6.23. The third-order valence-electron chi connectivity index (χ3n) is 5.27. The van der Waals surface area contributed by atoms with Crippen molar-refractivity contribution in [3.05, 3.63) is 40.6 Å². The zero-order chi connectivity index (χ0) is 15.9. The maximum atomic E-state index is 12.9. The van der Waals surface area contributed by atoms with Crippen LogP contribution in [0.25, 0.3) is 0 Å². The Balaban J connectivity index is 2.42. The zero-order valence-corrected chi connectivity index (χ0v) is 12.7. The van der Waals surface area contributed by atoms with E-state index >= 15 is 0 Å². The van der Waals surface area contributed by atoms with Crippen LogP contribution in [0.3, 0.4) is 0 Å². The van der Waals surface area contributed by atoms with Crippen molar-refractivity contribution < 1.29 is 18.2 Å².